The summed E-state index contributed by atoms with van der Waals surface area (Å²) in [6.45, 7) is 0.283. The summed E-state index contributed by atoms with van der Waals surface area (Å²) in [4.78, 5) is 0. The SMILES string of the molecule is COc1cc(CCNS(C)(=O)=O)c(OC)c(OC)c1. The van der Waals surface area contributed by atoms with Gasteiger partial charge in [-0.25, -0.2) is 13.1 Å². The first-order valence-electron chi connectivity index (χ1n) is 5.64. The Hall–Kier alpha value is -1.47. The Bertz CT molecular complexity index is 527. The van der Waals surface area contributed by atoms with Crippen molar-refractivity contribution >= 4 is 10.0 Å². The Kier molecular flexibility index (Phi) is 5.44. The number of nitrogens with one attached hydrogen (secondary N) is 1. The van der Waals surface area contributed by atoms with E-state index in [1.807, 2.05) is 0 Å². The molecular formula is C12H19NO5S. The predicted molar refractivity (Wildman–Crippen MR) is 72.6 cm³/mol. The number of hydrogen-bond acceptors (Lipinski definition) is 5. The van der Waals surface area contributed by atoms with Gasteiger partial charge in [0.1, 0.15) is 5.75 Å². The van der Waals surface area contributed by atoms with E-state index in [4.69, 9.17) is 14.2 Å². The molecule has 1 rings (SSSR count). The second-order valence-electron chi connectivity index (χ2n) is 3.94. The molecule has 0 amide bonds. The fourth-order valence-electron chi connectivity index (χ4n) is 1.69. The maximum atomic E-state index is 11.0. The summed E-state index contributed by atoms with van der Waals surface area (Å²) in [5, 5.41) is 0. The summed E-state index contributed by atoms with van der Waals surface area (Å²) in [5.74, 6) is 1.77. The molecule has 1 aromatic carbocycles. The van der Waals surface area contributed by atoms with Crippen molar-refractivity contribution in [2.75, 3.05) is 34.1 Å². The normalized spacial score (nSPS) is 11.2. The molecule has 0 spiro atoms. The zero-order chi connectivity index (χ0) is 14.5. The van der Waals surface area contributed by atoms with E-state index < -0.39 is 10.0 Å². The van der Waals surface area contributed by atoms with Gasteiger partial charge in [-0.1, -0.05) is 0 Å². The Morgan fingerprint density at radius 1 is 1.11 bits per heavy atom. The van der Waals surface area contributed by atoms with Gasteiger partial charge in [-0.15, -0.1) is 0 Å². The van der Waals surface area contributed by atoms with Gasteiger partial charge in [0.15, 0.2) is 11.5 Å². The number of sulfonamides is 1. The van der Waals surface area contributed by atoms with E-state index in [2.05, 4.69) is 4.72 Å². The molecule has 19 heavy (non-hydrogen) atoms. The molecule has 0 saturated heterocycles. The molecular weight excluding hydrogens is 270 g/mol. The highest BCUT2D eigenvalue weighted by Crippen LogP contribution is 2.35. The molecule has 7 heteroatoms. The largest absolute Gasteiger partial charge is 0.497 e. The smallest absolute Gasteiger partial charge is 0.208 e. The minimum Gasteiger partial charge on any atom is -0.497 e. The third-order valence-corrected chi connectivity index (χ3v) is 3.25. The molecule has 0 aliphatic heterocycles. The van der Waals surface area contributed by atoms with E-state index in [1.165, 1.54) is 14.2 Å². The molecule has 0 fully saturated rings. The lowest BCUT2D eigenvalue weighted by Gasteiger charge is -2.14. The van der Waals surface area contributed by atoms with Gasteiger partial charge >= 0.3 is 0 Å². The molecule has 0 aliphatic rings. The van der Waals surface area contributed by atoms with E-state index in [1.54, 1.807) is 19.2 Å². The summed E-state index contributed by atoms with van der Waals surface area (Å²) >= 11 is 0. The number of rotatable bonds is 7. The van der Waals surface area contributed by atoms with Gasteiger partial charge < -0.3 is 14.2 Å². The Morgan fingerprint density at radius 2 is 1.79 bits per heavy atom. The summed E-state index contributed by atoms with van der Waals surface area (Å²) in [6, 6.07) is 3.51. The molecule has 1 aromatic rings. The standard InChI is InChI=1S/C12H19NO5S/c1-16-10-7-9(5-6-13-19(4,14)15)12(18-3)11(8-10)17-2/h7-8,13H,5-6H2,1-4H3. The van der Waals surface area contributed by atoms with Crippen LogP contribution in [0.3, 0.4) is 0 Å². The van der Waals surface area contributed by atoms with Crippen molar-refractivity contribution in [1.29, 1.82) is 0 Å². The topological polar surface area (TPSA) is 73.9 Å². The highest BCUT2D eigenvalue weighted by atomic mass is 32.2. The minimum absolute atomic E-state index is 0.283. The second-order valence-corrected chi connectivity index (χ2v) is 5.77. The van der Waals surface area contributed by atoms with Crippen LogP contribution in [0.2, 0.25) is 0 Å². The molecule has 1 N–H and O–H groups in total. The average molecular weight is 289 g/mol. The van der Waals surface area contributed by atoms with Crippen molar-refractivity contribution in [3.63, 3.8) is 0 Å². The van der Waals surface area contributed by atoms with Crippen LogP contribution >= 0.6 is 0 Å². The zero-order valence-corrected chi connectivity index (χ0v) is 12.3. The fraction of sp³-hybridized carbons (Fsp3) is 0.500. The van der Waals surface area contributed by atoms with Crippen molar-refractivity contribution in [2.45, 2.75) is 6.42 Å². The lowest BCUT2D eigenvalue weighted by atomic mass is 10.1. The Labute approximate surface area is 113 Å². The van der Waals surface area contributed by atoms with Gasteiger partial charge in [0.05, 0.1) is 27.6 Å². The third-order valence-electron chi connectivity index (χ3n) is 2.52. The molecule has 0 heterocycles. The molecule has 0 radical (unpaired) electrons. The van der Waals surface area contributed by atoms with Crippen LogP contribution < -0.4 is 18.9 Å². The third kappa shape index (κ3) is 4.60. The minimum atomic E-state index is -3.20. The van der Waals surface area contributed by atoms with Crippen LogP contribution in [0.1, 0.15) is 5.56 Å². The van der Waals surface area contributed by atoms with Gasteiger partial charge in [0.25, 0.3) is 0 Å². The highest BCUT2D eigenvalue weighted by Gasteiger charge is 2.13. The number of benzene rings is 1. The van der Waals surface area contributed by atoms with Crippen LogP contribution in [0, 0.1) is 0 Å². The van der Waals surface area contributed by atoms with E-state index in [0.29, 0.717) is 23.7 Å². The first-order valence-corrected chi connectivity index (χ1v) is 7.54. The molecule has 6 nitrogen and oxygen atoms in total. The zero-order valence-electron chi connectivity index (χ0n) is 11.5. The highest BCUT2D eigenvalue weighted by molar-refractivity contribution is 7.88. The van der Waals surface area contributed by atoms with Crippen LogP contribution in [0.25, 0.3) is 0 Å². The summed E-state index contributed by atoms with van der Waals surface area (Å²) < 4.78 is 40.2. The van der Waals surface area contributed by atoms with Crippen molar-refractivity contribution < 1.29 is 22.6 Å². The van der Waals surface area contributed by atoms with E-state index in [-0.39, 0.29) is 6.54 Å². The van der Waals surface area contributed by atoms with Gasteiger partial charge in [0.2, 0.25) is 10.0 Å². The molecule has 0 bridgehead atoms. The molecule has 0 aromatic heterocycles. The summed E-state index contributed by atoms with van der Waals surface area (Å²) in [7, 11) is 1.43. The Morgan fingerprint density at radius 3 is 2.26 bits per heavy atom. The van der Waals surface area contributed by atoms with Crippen molar-refractivity contribution in [2.24, 2.45) is 0 Å². The van der Waals surface area contributed by atoms with Crippen LogP contribution in [0.15, 0.2) is 12.1 Å². The number of ether oxygens (including phenoxy) is 3. The van der Waals surface area contributed by atoms with E-state index >= 15 is 0 Å². The van der Waals surface area contributed by atoms with E-state index in [9.17, 15) is 8.42 Å². The first kappa shape index (κ1) is 15.6. The fourth-order valence-corrected chi connectivity index (χ4v) is 2.16. The van der Waals surface area contributed by atoms with Gasteiger partial charge in [-0.2, -0.15) is 0 Å². The summed E-state index contributed by atoms with van der Waals surface area (Å²) in [5.41, 5.74) is 0.815. The molecule has 0 atom stereocenters. The lowest BCUT2D eigenvalue weighted by molar-refractivity contribution is 0.345. The van der Waals surface area contributed by atoms with Crippen LogP contribution in [-0.2, 0) is 16.4 Å². The van der Waals surface area contributed by atoms with Crippen LogP contribution in [-0.4, -0.2) is 42.5 Å². The van der Waals surface area contributed by atoms with Crippen LogP contribution in [0.4, 0.5) is 0 Å². The molecule has 0 unspecified atom stereocenters. The molecule has 108 valence electrons. The van der Waals surface area contributed by atoms with Gasteiger partial charge in [-0.05, 0) is 12.5 Å². The first-order chi connectivity index (χ1) is 8.91. The lowest BCUT2D eigenvalue weighted by Crippen LogP contribution is -2.24. The second kappa shape index (κ2) is 6.63. The predicted octanol–water partition coefficient (Wildman–Crippen LogP) is 0.804. The average Bonchev–Trinajstić information content (AvgIpc) is 2.36. The molecule has 0 saturated carbocycles. The quantitative estimate of drug-likeness (QED) is 0.804. The van der Waals surface area contributed by atoms with Crippen LogP contribution in [0.5, 0.6) is 17.2 Å². The van der Waals surface area contributed by atoms with Gasteiger partial charge in [-0.3, -0.25) is 0 Å². The maximum absolute atomic E-state index is 11.0. The van der Waals surface area contributed by atoms with Crippen molar-refractivity contribution in [1.82, 2.24) is 4.72 Å². The summed E-state index contributed by atoms with van der Waals surface area (Å²) in [6.07, 6.45) is 1.60. The van der Waals surface area contributed by atoms with Crippen molar-refractivity contribution in [3.8, 4) is 17.2 Å². The monoisotopic (exact) mass is 289 g/mol. The molecule has 0 aliphatic carbocycles. The number of methoxy groups -OCH3 is 3. The number of hydrogen-bond donors (Lipinski definition) is 1. The maximum Gasteiger partial charge on any atom is 0.208 e. The van der Waals surface area contributed by atoms with Crippen molar-refractivity contribution in [3.05, 3.63) is 17.7 Å². The van der Waals surface area contributed by atoms with Gasteiger partial charge in [0, 0.05) is 18.2 Å². The van der Waals surface area contributed by atoms with E-state index in [0.717, 1.165) is 11.8 Å². The Balaban J connectivity index is 2.97.